The molecule has 1 heterocycles. The average molecular weight is 354 g/mol. The largest absolute Gasteiger partial charge is 0.417 e. The van der Waals surface area contributed by atoms with Crippen molar-refractivity contribution in [2.75, 3.05) is 11.1 Å². The Hall–Kier alpha value is -2.35. The van der Waals surface area contributed by atoms with E-state index >= 15 is 0 Å². The second-order valence-corrected chi connectivity index (χ2v) is 5.85. The number of pyridine rings is 1. The van der Waals surface area contributed by atoms with Crippen molar-refractivity contribution in [3.05, 3.63) is 53.7 Å². The number of nitrogens with zero attached hydrogens (tertiary/aromatic N) is 1. The van der Waals surface area contributed by atoms with Crippen molar-refractivity contribution in [3.63, 3.8) is 0 Å². The van der Waals surface area contributed by atoms with Crippen molar-refractivity contribution in [2.45, 2.75) is 18.1 Å². The van der Waals surface area contributed by atoms with E-state index in [4.69, 9.17) is 0 Å². The van der Waals surface area contributed by atoms with Crippen molar-refractivity contribution in [1.29, 1.82) is 0 Å². The van der Waals surface area contributed by atoms with Crippen LogP contribution in [-0.4, -0.2) is 22.4 Å². The lowest BCUT2D eigenvalue weighted by Crippen LogP contribution is -2.14. The summed E-state index contributed by atoms with van der Waals surface area (Å²) in [4.78, 5) is 26.8. The molecule has 24 heavy (non-hydrogen) atoms. The molecule has 0 radical (unpaired) electrons. The molecule has 4 nitrogen and oxygen atoms in total. The van der Waals surface area contributed by atoms with Gasteiger partial charge in [0.15, 0.2) is 5.78 Å². The minimum Gasteiger partial charge on any atom is -0.325 e. The maximum atomic E-state index is 12.4. The molecule has 1 aromatic carbocycles. The highest BCUT2D eigenvalue weighted by Crippen LogP contribution is 2.29. The van der Waals surface area contributed by atoms with Crippen molar-refractivity contribution < 1.29 is 22.8 Å². The predicted octanol–water partition coefficient (Wildman–Crippen LogP) is 4.03. The molecule has 2 aromatic rings. The summed E-state index contributed by atoms with van der Waals surface area (Å²) in [5.74, 6) is -0.473. The number of anilines is 1. The highest BCUT2D eigenvalue weighted by Gasteiger charge is 2.30. The number of carbonyl (C=O) groups is 2. The molecule has 1 amide bonds. The van der Waals surface area contributed by atoms with Gasteiger partial charge < -0.3 is 5.32 Å². The minimum atomic E-state index is -4.44. The number of aromatic nitrogens is 1. The molecule has 0 unspecified atom stereocenters. The van der Waals surface area contributed by atoms with E-state index in [2.05, 4.69) is 10.3 Å². The zero-order chi connectivity index (χ0) is 17.7. The first-order valence-corrected chi connectivity index (χ1v) is 7.81. The van der Waals surface area contributed by atoms with E-state index in [0.29, 0.717) is 16.3 Å². The predicted molar refractivity (Wildman–Crippen MR) is 85.0 cm³/mol. The number of rotatable bonds is 5. The molecule has 0 aliphatic carbocycles. The van der Waals surface area contributed by atoms with E-state index < -0.39 is 11.7 Å². The van der Waals surface area contributed by atoms with E-state index in [0.717, 1.165) is 24.0 Å². The molecule has 8 heteroatoms. The van der Waals surface area contributed by atoms with Crippen LogP contribution < -0.4 is 5.32 Å². The summed E-state index contributed by atoms with van der Waals surface area (Å²) in [5, 5.41) is 2.94. The Bertz CT molecular complexity index is 746. The van der Waals surface area contributed by atoms with Gasteiger partial charge >= 0.3 is 6.18 Å². The van der Waals surface area contributed by atoms with E-state index in [1.807, 2.05) is 0 Å². The molecular weight excluding hydrogens is 341 g/mol. The van der Waals surface area contributed by atoms with E-state index in [9.17, 15) is 22.8 Å². The number of carbonyl (C=O) groups excluding carboxylic acids is 2. The van der Waals surface area contributed by atoms with E-state index in [-0.39, 0.29) is 17.4 Å². The monoisotopic (exact) mass is 354 g/mol. The Kier molecular flexibility index (Phi) is 5.61. The van der Waals surface area contributed by atoms with Crippen molar-refractivity contribution in [2.24, 2.45) is 0 Å². The van der Waals surface area contributed by atoms with Crippen LogP contribution in [-0.2, 0) is 11.0 Å². The molecule has 1 N–H and O–H groups in total. The van der Waals surface area contributed by atoms with Gasteiger partial charge in [-0.25, -0.2) is 4.98 Å². The fraction of sp³-hybridized carbons (Fsp3) is 0.188. The molecule has 0 spiro atoms. The maximum Gasteiger partial charge on any atom is 0.417 e. The normalized spacial score (nSPS) is 11.2. The second-order valence-electron chi connectivity index (χ2n) is 4.86. The van der Waals surface area contributed by atoms with Crippen LogP contribution >= 0.6 is 11.8 Å². The Morgan fingerprint density at radius 2 is 1.96 bits per heavy atom. The Balaban J connectivity index is 1.91. The fourth-order valence-electron chi connectivity index (χ4n) is 1.79. The molecule has 0 saturated heterocycles. The van der Waals surface area contributed by atoms with E-state index in [1.165, 1.54) is 13.0 Å². The second kappa shape index (κ2) is 7.48. The van der Waals surface area contributed by atoms with Crippen molar-refractivity contribution in [1.82, 2.24) is 4.98 Å². The van der Waals surface area contributed by atoms with Crippen molar-refractivity contribution in [3.8, 4) is 0 Å². The minimum absolute atomic E-state index is 0.0112. The third-order valence-corrected chi connectivity index (χ3v) is 3.91. The molecule has 0 fully saturated rings. The first-order chi connectivity index (χ1) is 11.3. The summed E-state index contributed by atoms with van der Waals surface area (Å²) in [6, 6.07) is 8.63. The zero-order valence-corrected chi connectivity index (χ0v) is 13.4. The van der Waals surface area contributed by atoms with Gasteiger partial charge in [0, 0.05) is 17.4 Å². The number of halogens is 3. The van der Waals surface area contributed by atoms with Crippen LogP contribution in [0.5, 0.6) is 0 Å². The molecule has 2 rings (SSSR count). The van der Waals surface area contributed by atoms with Crippen LogP contribution in [0.15, 0.2) is 47.6 Å². The average Bonchev–Trinajstić information content (AvgIpc) is 2.53. The topological polar surface area (TPSA) is 59.1 Å². The van der Waals surface area contributed by atoms with Gasteiger partial charge in [-0.3, -0.25) is 9.59 Å². The summed E-state index contributed by atoms with van der Waals surface area (Å²) >= 11 is 1.02. The van der Waals surface area contributed by atoms with Crippen LogP contribution in [0, 0.1) is 0 Å². The van der Waals surface area contributed by atoms with Crippen LogP contribution in [0.3, 0.4) is 0 Å². The number of hydrogen-bond donors (Lipinski definition) is 1. The maximum absolute atomic E-state index is 12.4. The van der Waals surface area contributed by atoms with Gasteiger partial charge in [-0.2, -0.15) is 13.2 Å². The van der Waals surface area contributed by atoms with Gasteiger partial charge in [0.2, 0.25) is 5.91 Å². The number of benzene rings is 1. The third kappa shape index (κ3) is 5.09. The summed E-state index contributed by atoms with van der Waals surface area (Å²) < 4.78 is 37.3. The smallest absolute Gasteiger partial charge is 0.325 e. The molecular formula is C16H13F3N2O2S. The number of thioether (sulfide) groups is 1. The number of hydrogen-bond acceptors (Lipinski definition) is 4. The number of alkyl halides is 3. The number of nitrogens with one attached hydrogen (secondary N) is 1. The highest BCUT2D eigenvalue weighted by molar-refractivity contribution is 7.99. The molecule has 0 bridgehead atoms. The summed E-state index contributed by atoms with van der Waals surface area (Å²) in [5.41, 5.74) is 0.121. The molecule has 1 aromatic heterocycles. The molecule has 0 saturated carbocycles. The summed E-state index contributed by atoms with van der Waals surface area (Å²) in [6.07, 6.45) is -3.70. The summed E-state index contributed by atoms with van der Waals surface area (Å²) in [7, 11) is 0. The van der Waals surface area contributed by atoms with Gasteiger partial charge in [0.1, 0.15) is 0 Å². The zero-order valence-electron chi connectivity index (χ0n) is 12.6. The van der Waals surface area contributed by atoms with Gasteiger partial charge in [-0.05, 0) is 31.2 Å². The highest BCUT2D eigenvalue weighted by atomic mass is 32.2. The van der Waals surface area contributed by atoms with Gasteiger partial charge in [-0.15, -0.1) is 0 Å². The van der Waals surface area contributed by atoms with E-state index in [1.54, 1.807) is 24.3 Å². The number of amides is 1. The Morgan fingerprint density at radius 3 is 2.54 bits per heavy atom. The lowest BCUT2D eigenvalue weighted by Gasteiger charge is -2.07. The Morgan fingerprint density at radius 1 is 1.21 bits per heavy atom. The van der Waals surface area contributed by atoms with Crippen LogP contribution in [0.4, 0.5) is 18.9 Å². The molecule has 0 aliphatic rings. The lowest BCUT2D eigenvalue weighted by molar-refractivity contribution is -0.137. The molecule has 0 atom stereocenters. The number of ketones is 1. The van der Waals surface area contributed by atoms with Crippen LogP contribution in [0.1, 0.15) is 22.8 Å². The molecule has 126 valence electrons. The number of Topliss-reactive ketones (excluding diaryl/α,β-unsaturated/α-hetero) is 1. The van der Waals surface area contributed by atoms with Crippen LogP contribution in [0.25, 0.3) is 0 Å². The summed E-state index contributed by atoms with van der Waals surface area (Å²) in [6.45, 7) is 1.42. The SMILES string of the molecule is CC(=O)c1cccc(NC(=O)CSc2ccc(C(F)(F)F)cn2)c1. The first kappa shape index (κ1) is 18.0. The standard InChI is InChI=1S/C16H13F3N2O2S/c1-10(22)11-3-2-4-13(7-11)21-14(23)9-24-15-6-5-12(8-20-15)16(17,18)19/h2-8H,9H2,1H3,(H,21,23). The van der Waals surface area contributed by atoms with Gasteiger partial charge in [-0.1, -0.05) is 23.9 Å². The van der Waals surface area contributed by atoms with Gasteiger partial charge in [0.25, 0.3) is 0 Å². The third-order valence-electron chi connectivity index (χ3n) is 2.97. The van der Waals surface area contributed by atoms with Gasteiger partial charge in [0.05, 0.1) is 16.3 Å². The van der Waals surface area contributed by atoms with Crippen LogP contribution in [0.2, 0.25) is 0 Å². The molecule has 0 aliphatic heterocycles. The first-order valence-electron chi connectivity index (χ1n) is 6.82. The fourth-order valence-corrected chi connectivity index (χ4v) is 2.43. The van der Waals surface area contributed by atoms with Crippen molar-refractivity contribution >= 4 is 29.1 Å². The lowest BCUT2D eigenvalue weighted by atomic mass is 10.1. The Labute approximate surface area is 140 Å². The quantitative estimate of drug-likeness (QED) is 0.650.